The first kappa shape index (κ1) is 20.9. The van der Waals surface area contributed by atoms with Crippen LogP contribution >= 0.6 is 0 Å². The molecule has 0 saturated carbocycles. The van der Waals surface area contributed by atoms with E-state index in [1.807, 2.05) is 24.3 Å². The van der Waals surface area contributed by atoms with Crippen LogP contribution in [0.15, 0.2) is 24.3 Å². The number of hydrogen-bond donors (Lipinski definition) is 6. The zero-order chi connectivity index (χ0) is 19.8. The lowest BCUT2D eigenvalue weighted by Crippen LogP contribution is -2.67. The number of ether oxygens (including phenoxy) is 1. The van der Waals surface area contributed by atoms with E-state index in [2.05, 4.69) is 38.8 Å². The van der Waals surface area contributed by atoms with Gasteiger partial charge in [-0.25, -0.2) is 4.79 Å². The van der Waals surface area contributed by atoms with Crippen molar-refractivity contribution in [1.82, 2.24) is 26.6 Å². The van der Waals surface area contributed by atoms with Crippen LogP contribution in [0.3, 0.4) is 0 Å². The van der Waals surface area contributed by atoms with Gasteiger partial charge in [0.05, 0.1) is 13.3 Å². The summed E-state index contributed by atoms with van der Waals surface area (Å²) in [6.07, 6.45) is 5.89. The maximum absolute atomic E-state index is 12.3. The van der Waals surface area contributed by atoms with Gasteiger partial charge in [0.25, 0.3) is 0 Å². The van der Waals surface area contributed by atoms with E-state index < -0.39 is 0 Å². The van der Waals surface area contributed by atoms with Crippen LogP contribution in [-0.2, 0) is 0 Å². The number of rotatable bonds is 7. The average Bonchev–Trinajstić information content (AvgIpc) is 2.69. The third kappa shape index (κ3) is 6.63. The van der Waals surface area contributed by atoms with Crippen molar-refractivity contribution in [1.29, 1.82) is 0 Å². The molecular formula is C20H34N6O2. The molecule has 4 unspecified atom stereocenters. The van der Waals surface area contributed by atoms with Crippen molar-refractivity contribution in [3.63, 3.8) is 0 Å². The van der Waals surface area contributed by atoms with E-state index >= 15 is 0 Å². The second-order valence-electron chi connectivity index (χ2n) is 7.67. The molecule has 0 aromatic heterocycles. The van der Waals surface area contributed by atoms with Crippen LogP contribution in [0.2, 0.25) is 0 Å². The molecule has 0 spiro atoms. The van der Waals surface area contributed by atoms with Gasteiger partial charge in [-0.15, -0.1) is 0 Å². The Kier molecular flexibility index (Phi) is 7.90. The highest BCUT2D eigenvalue weighted by molar-refractivity contribution is 5.89. The third-order valence-corrected chi connectivity index (χ3v) is 5.33. The van der Waals surface area contributed by atoms with Gasteiger partial charge in [0.15, 0.2) is 0 Å². The second-order valence-corrected chi connectivity index (χ2v) is 7.67. The zero-order valence-corrected chi connectivity index (χ0v) is 16.9. The van der Waals surface area contributed by atoms with Gasteiger partial charge in [0.2, 0.25) is 0 Å². The Morgan fingerprint density at radius 1 is 1.21 bits per heavy atom. The summed E-state index contributed by atoms with van der Waals surface area (Å²) in [7, 11) is 1.62. The number of urea groups is 1. The van der Waals surface area contributed by atoms with Crippen LogP contribution in [0.25, 0.3) is 0 Å². The topological polar surface area (TPSA) is 98.5 Å². The van der Waals surface area contributed by atoms with Crippen LogP contribution in [-0.4, -0.2) is 50.8 Å². The van der Waals surface area contributed by atoms with Gasteiger partial charge >= 0.3 is 6.03 Å². The Morgan fingerprint density at radius 3 is 2.75 bits per heavy atom. The monoisotopic (exact) mass is 390 g/mol. The Labute approximate surface area is 167 Å². The highest BCUT2D eigenvalue weighted by Crippen LogP contribution is 2.15. The summed E-state index contributed by atoms with van der Waals surface area (Å²) >= 11 is 0. The van der Waals surface area contributed by atoms with E-state index in [1.54, 1.807) is 7.11 Å². The summed E-state index contributed by atoms with van der Waals surface area (Å²) in [6, 6.07) is 7.93. The molecule has 2 saturated heterocycles. The number of piperidine rings is 1. The van der Waals surface area contributed by atoms with Gasteiger partial charge < -0.3 is 26.0 Å². The Morgan fingerprint density at radius 2 is 2.04 bits per heavy atom. The van der Waals surface area contributed by atoms with Crippen molar-refractivity contribution < 1.29 is 9.53 Å². The molecule has 2 aliphatic heterocycles. The van der Waals surface area contributed by atoms with Gasteiger partial charge in [-0.2, -0.15) is 0 Å². The fourth-order valence-corrected chi connectivity index (χ4v) is 3.82. The smallest absolute Gasteiger partial charge is 0.321 e. The number of carbonyl (C=O) groups is 1. The number of nitrogens with one attached hydrogen (secondary N) is 6. The van der Waals surface area contributed by atoms with Crippen molar-refractivity contribution in [3.8, 4) is 5.75 Å². The third-order valence-electron chi connectivity index (χ3n) is 5.33. The largest absolute Gasteiger partial charge is 0.497 e. The minimum atomic E-state index is -0.285. The molecule has 4 atom stereocenters. The van der Waals surface area contributed by atoms with Gasteiger partial charge in [0, 0.05) is 17.8 Å². The number of methoxy groups -OCH3 is 1. The molecule has 2 fully saturated rings. The SMILES string of the molecule is COc1ccc(NC(=O)NC2NC(C)CC(NCCC3CCCCN3)N2)cc1. The van der Waals surface area contributed by atoms with Crippen LogP contribution in [0, 0.1) is 0 Å². The number of carbonyl (C=O) groups excluding carboxylic acids is 1. The predicted molar refractivity (Wildman–Crippen MR) is 111 cm³/mol. The van der Waals surface area contributed by atoms with Gasteiger partial charge in [0.1, 0.15) is 12.0 Å². The molecule has 2 heterocycles. The summed E-state index contributed by atoms with van der Waals surface area (Å²) in [4.78, 5) is 12.3. The number of benzene rings is 1. The van der Waals surface area contributed by atoms with Gasteiger partial charge in [-0.1, -0.05) is 6.42 Å². The highest BCUT2D eigenvalue weighted by atomic mass is 16.5. The molecule has 0 aliphatic carbocycles. The lowest BCUT2D eigenvalue weighted by molar-refractivity contribution is 0.192. The molecule has 1 aromatic carbocycles. The van der Waals surface area contributed by atoms with E-state index in [9.17, 15) is 4.79 Å². The molecule has 1 aromatic rings. The first-order chi connectivity index (χ1) is 13.6. The average molecular weight is 391 g/mol. The van der Waals surface area contributed by atoms with E-state index in [4.69, 9.17) is 4.74 Å². The molecule has 0 bridgehead atoms. The quantitative estimate of drug-likeness (QED) is 0.422. The van der Waals surface area contributed by atoms with Crippen molar-refractivity contribution in [3.05, 3.63) is 24.3 Å². The van der Waals surface area contributed by atoms with Crippen LogP contribution < -0.4 is 36.6 Å². The summed E-state index contributed by atoms with van der Waals surface area (Å²) in [5, 5.41) is 19.7. The number of amides is 2. The van der Waals surface area contributed by atoms with Gasteiger partial charge in [-0.3, -0.25) is 10.6 Å². The Bertz CT molecular complexity index is 605. The lowest BCUT2D eigenvalue weighted by atomic mass is 10.0. The number of hydrogen-bond acceptors (Lipinski definition) is 6. The molecule has 28 heavy (non-hydrogen) atoms. The molecule has 2 aliphatic rings. The molecule has 6 N–H and O–H groups in total. The van der Waals surface area contributed by atoms with Crippen LogP contribution in [0.1, 0.15) is 39.0 Å². The molecule has 8 nitrogen and oxygen atoms in total. The minimum absolute atomic E-state index is 0.172. The zero-order valence-electron chi connectivity index (χ0n) is 16.9. The lowest BCUT2D eigenvalue weighted by Gasteiger charge is -2.37. The summed E-state index contributed by atoms with van der Waals surface area (Å²) in [5.74, 6) is 0.757. The van der Waals surface area contributed by atoms with Gasteiger partial charge in [-0.05, 0) is 70.0 Å². The number of anilines is 1. The fourth-order valence-electron chi connectivity index (χ4n) is 3.82. The maximum Gasteiger partial charge on any atom is 0.321 e. The molecule has 3 rings (SSSR count). The highest BCUT2D eigenvalue weighted by Gasteiger charge is 2.26. The first-order valence-electron chi connectivity index (χ1n) is 10.3. The van der Waals surface area contributed by atoms with Crippen LogP contribution in [0.5, 0.6) is 5.75 Å². The molecule has 0 radical (unpaired) electrons. The van der Waals surface area contributed by atoms with E-state index in [0.29, 0.717) is 12.1 Å². The van der Waals surface area contributed by atoms with E-state index in [-0.39, 0.29) is 18.5 Å². The molecular weight excluding hydrogens is 356 g/mol. The summed E-state index contributed by atoms with van der Waals surface area (Å²) in [5.41, 5.74) is 0.719. The summed E-state index contributed by atoms with van der Waals surface area (Å²) in [6.45, 7) is 4.24. The van der Waals surface area contributed by atoms with Crippen LogP contribution in [0.4, 0.5) is 10.5 Å². The fraction of sp³-hybridized carbons (Fsp3) is 0.650. The minimum Gasteiger partial charge on any atom is -0.497 e. The summed E-state index contributed by atoms with van der Waals surface area (Å²) < 4.78 is 5.13. The first-order valence-corrected chi connectivity index (χ1v) is 10.3. The maximum atomic E-state index is 12.3. The standard InChI is InChI=1S/C20H34N6O2/c1-14-13-18(22-12-10-15-5-3-4-11-21-15)25-19(23-14)26-20(27)24-16-6-8-17(28-2)9-7-16/h6-9,14-15,18-19,21-23,25H,3-5,10-13H2,1-2H3,(H2,24,26,27). The van der Waals surface area contributed by atoms with Crippen molar-refractivity contribution >= 4 is 11.7 Å². The van der Waals surface area contributed by atoms with E-state index in [1.165, 1.54) is 19.3 Å². The molecule has 8 heteroatoms. The Hall–Kier alpha value is -1.87. The van der Waals surface area contributed by atoms with Crippen molar-refractivity contribution in [2.45, 2.75) is 63.6 Å². The molecule has 2 amide bonds. The predicted octanol–water partition coefficient (Wildman–Crippen LogP) is 1.52. The molecule has 156 valence electrons. The van der Waals surface area contributed by atoms with E-state index in [0.717, 1.165) is 37.4 Å². The van der Waals surface area contributed by atoms with Crippen molar-refractivity contribution in [2.24, 2.45) is 0 Å². The second kappa shape index (κ2) is 10.6. The normalized spacial score (nSPS) is 27.8. The Balaban J connectivity index is 1.40. The van der Waals surface area contributed by atoms with Crippen molar-refractivity contribution in [2.75, 3.05) is 25.5 Å².